The second-order valence-electron chi connectivity index (χ2n) is 3.52. The summed E-state index contributed by atoms with van der Waals surface area (Å²) in [6.07, 6.45) is 0. The number of carbonyl (C=O) groups is 2. The van der Waals surface area contributed by atoms with Gasteiger partial charge in [0.1, 0.15) is 6.04 Å². The molecule has 1 atom stereocenters. The summed E-state index contributed by atoms with van der Waals surface area (Å²) in [7, 11) is 1.41. The lowest BCUT2D eigenvalue weighted by atomic mass is 10.1. The molecule has 2 N–H and O–H groups in total. The topological polar surface area (TPSA) is 75.6 Å². The van der Waals surface area contributed by atoms with Crippen LogP contribution >= 0.6 is 0 Å². The van der Waals surface area contributed by atoms with Crippen LogP contribution in [-0.4, -0.2) is 43.2 Å². The van der Waals surface area contributed by atoms with Crippen LogP contribution in [0, 0.1) is 0 Å². The first kappa shape index (κ1) is 13.3. The number of rotatable bonds is 7. The van der Waals surface area contributed by atoms with E-state index >= 15 is 0 Å². The lowest BCUT2D eigenvalue weighted by Gasteiger charge is -2.12. The van der Waals surface area contributed by atoms with Gasteiger partial charge in [-0.25, -0.2) is 0 Å². The van der Waals surface area contributed by atoms with E-state index in [9.17, 15) is 9.59 Å². The number of Topliss-reactive ketones (excluding diaryl/α,β-unsaturated/α-hetero) is 1. The van der Waals surface area contributed by atoms with E-state index in [2.05, 4.69) is 5.32 Å². The minimum atomic E-state index is -1.03. The summed E-state index contributed by atoms with van der Waals surface area (Å²) in [6.45, 7) is 0.00173. The van der Waals surface area contributed by atoms with Crippen molar-refractivity contribution >= 4 is 11.8 Å². The van der Waals surface area contributed by atoms with Crippen molar-refractivity contribution in [3.63, 3.8) is 0 Å². The maximum absolute atomic E-state index is 11.7. The molecule has 1 aromatic carbocycles. The molecule has 0 saturated carbocycles. The molecule has 0 aliphatic carbocycles. The third kappa shape index (κ3) is 4.34. The average molecular weight is 237 g/mol. The maximum Gasteiger partial charge on any atom is 0.323 e. The lowest BCUT2D eigenvalue weighted by molar-refractivity contribution is -0.140. The number of aliphatic carboxylic acids is 1. The zero-order valence-electron chi connectivity index (χ0n) is 9.55. The Kier molecular flexibility index (Phi) is 5.32. The molecule has 0 heterocycles. The highest BCUT2D eigenvalue weighted by Crippen LogP contribution is 1.99. The standard InChI is InChI=1S/C12H15NO4/c1-17-8-10(12(15)16)13-7-11(14)9-5-3-2-4-6-9/h2-6,10,13H,7-8H2,1H3,(H,15,16). The molecule has 1 unspecified atom stereocenters. The molecule has 0 aliphatic heterocycles. The Balaban J connectivity index is 2.49. The number of nitrogens with one attached hydrogen (secondary N) is 1. The van der Waals surface area contributed by atoms with Gasteiger partial charge >= 0.3 is 5.97 Å². The summed E-state index contributed by atoms with van der Waals surface area (Å²) >= 11 is 0. The molecule has 5 heteroatoms. The van der Waals surface area contributed by atoms with Crippen LogP contribution in [0.1, 0.15) is 10.4 Å². The molecular weight excluding hydrogens is 222 g/mol. The number of carboxylic acids is 1. The Morgan fingerprint density at radius 2 is 2.00 bits per heavy atom. The van der Waals surface area contributed by atoms with Crippen LogP contribution < -0.4 is 5.32 Å². The van der Waals surface area contributed by atoms with Crippen molar-refractivity contribution < 1.29 is 19.4 Å². The molecule has 0 radical (unpaired) electrons. The molecule has 0 saturated heterocycles. The highest BCUT2D eigenvalue weighted by atomic mass is 16.5. The highest BCUT2D eigenvalue weighted by molar-refractivity contribution is 5.97. The highest BCUT2D eigenvalue weighted by Gasteiger charge is 2.17. The molecule has 0 aliphatic rings. The van der Waals surface area contributed by atoms with Gasteiger partial charge in [0.2, 0.25) is 0 Å². The zero-order valence-corrected chi connectivity index (χ0v) is 9.55. The van der Waals surface area contributed by atoms with Crippen molar-refractivity contribution in [3.8, 4) is 0 Å². The number of ketones is 1. The Bertz CT molecular complexity index is 377. The van der Waals surface area contributed by atoms with E-state index in [0.29, 0.717) is 5.56 Å². The summed E-state index contributed by atoms with van der Waals surface area (Å²) in [5.74, 6) is -1.18. The van der Waals surface area contributed by atoms with Gasteiger partial charge in [0.05, 0.1) is 13.2 Å². The van der Waals surface area contributed by atoms with Gasteiger partial charge in [0, 0.05) is 12.7 Å². The Labute approximate surface area is 99.4 Å². The molecule has 0 fully saturated rings. The van der Waals surface area contributed by atoms with Crippen molar-refractivity contribution in [1.29, 1.82) is 0 Å². The van der Waals surface area contributed by atoms with Gasteiger partial charge in [0.15, 0.2) is 5.78 Å². The molecule has 92 valence electrons. The van der Waals surface area contributed by atoms with Crippen LogP contribution in [0.4, 0.5) is 0 Å². The molecule has 1 aromatic rings. The SMILES string of the molecule is COCC(NCC(=O)c1ccccc1)C(=O)O. The van der Waals surface area contributed by atoms with Gasteiger partial charge in [0.25, 0.3) is 0 Å². The molecule has 0 bridgehead atoms. The number of hydrogen-bond acceptors (Lipinski definition) is 4. The molecule has 17 heavy (non-hydrogen) atoms. The summed E-state index contributed by atoms with van der Waals surface area (Å²) in [4.78, 5) is 22.5. The summed E-state index contributed by atoms with van der Waals surface area (Å²) in [5, 5.41) is 11.5. The smallest absolute Gasteiger partial charge is 0.323 e. The van der Waals surface area contributed by atoms with E-state index in [0.717, 1.165) is 0 Å². The van der Waals surface area contributed by atoms with Crippen molar-refractivity contribution in [1.82, 2.24) is 5.32 Å². The van der Waals surface area contributed by atoms with Crippen molar-refractivity contribution in [2.45, 2.75) is 6.04 Å². The van der Waals surface area contributed by atoms with E-state index in [1.807, 2.05) is 6.07 Å². The number of carbonyl (C=O) groups excluding carboxylic acids is 1. The average Bonchev–Trinajstić information content (AvgIpc) is 2.34. The second-order valence-corrected chi connectivity index (χ2v) is 3.52. The van der Waals surface area contributed by atoms with Gasteiger partial charge < -0.3 is 9.84 Å². The number of carboxylic acid groups (broad SMARTS) is 1. The molecule has 0 spiro atoms. The number of ether oxygens (including phenoxy) is 1. The van der Waals surface area contributed by atoms with Crippen LogP contribution in [-0.2, 0) is 9.53 Å². The molecule has 0 amide bonds. The van der Waals surface area contributed by atoms with Crippen molar-refractivity contribution in [3.05, 3.63) is 35.9 Å². The van der Waals surface area contributed by atoms with E-state index in [4.69, 9.17) is 9.84 Å². The molecule has 1 rings (SSSR count). The van der Waals surface area contributed by atoms with Gasteiger partial charge in [-0.1, -0.05) is 30.3 Å². The van der Waals surface area contributed by atoms with Crippen LogP contribution in [0.5, 0.6) is 0 Å². The summed E-state index contributed by atoms with van der Waals surface area (Å²) < 4.78 is 4.75. The normalized spacial score (nSPS) is 12.1. The van der Waals surface area contributed by atoms with Gasteiger partial charge in [-0.2, -0.15) is 0 Å². The number of methoxy groups -OCH3 is 1. The largest absolute Gasteiger partial charge is 0.480 e. The third-order valence-electron chi connectivity index (χ3n) is 2.24. The summed E-state index contributed by atoms with van der Waals surface area (Å²) in [6, 6.07) is 7.85. The minimum absolute atomic E-state index is 0.0235. The van der Waals surface area contributed by atoms with Crippen LogP contribution in [0.25, 0.3) is 0 Å². The van der Waals surface area contributed by atoms with E-state index < -0.39 is 12.0 Å². The first-order chi connectivity index (χ1) is 8.15. The fourth-order valence-electron chi connectivity index (χ4n) is 1.33. The Morgan fingerprint density at radius 1 is 1.35 bits per heavy atom. The summed E-state index contributed by atoms with van der Waals surface area (Å²) in [5.41, 5.74) is 0.557. The van der Waals surface area contributed by atoms with E-state index in [1.54, 1.807) is 24.3 Å². The van der Waals surface area contributed by atoms with Crippen LogP contribution in [0.3, 0.4) is 0 Å². The Morgan fingerprint density at radius 3 is 2.53 bits per heavy atom. The van der Waals surface area contributed by atoms with Crippen molar-refractivity contribution in [2.24, 2.45) is 0 Å². The van der Waals surface area contributed by atoms with E-state index in [-0.39, 0.29) is 18.9 Å². The fraction of sp³-hybridized carbons (Fsp3) is 0.333. The molecule has 5 nitrogen and oxygen atoms in total. The van der Waals surface area contributed by atoms with Crippen LogP contribution in [0.15, 0.2) is 30.3 Å². The maximum atomic E-state index is 11.7. The predicted molar refractivity (Wildman–Crippen MR) is 62.1 cm³/mol. The van der Waals surface area contributed by atoms with Gasteiger partial charge in [-0.3, -0.25) is 14.9 Å². The molecule has 0 aromatic heterocycles. The first-order valence-electron chi connectivity index (χ1n) is 5.18. The van der Waals surface area contributed by atoms with E-state index in [1.165, 1.54) is 7.11 Å². The van der Waals surface area contributed by atoms with Gasteiger partial charge in [-0.05, 0) is 0 Å². The van der Waals surface area contributed by atoms with Crippen molar-refractivity contribution in [2.75, 3.05) is 20.3 Å². The minimum Gasteiger partial charge on any atom is -0.480 e. The fourth-order valence-corrected chi connectivity index (χ4v) is 1.33. The second kappa shape index (κ2) is 6.78. The Hall–Kier alpha value is -1.72. The monoisotopic (exact) mass is 237 g/mol. The zero-order chi connectivity index (χ0) is 12.7. The lowest BCUT2D eigenvalue weighted by Crippen LogP contribution is -2.42. The number of benzene rings is 1. The predicted octanol–water partition coefficient (Wildman–Crippen LogP) is 0.558. The third-order valence-corrected chi connectivity index (χ3v) is 2.24. The van der Waals surface area contributed by atoms with Gasteiger partial charge in [-0.15, -0.1) is 0 Å². The number of hydrogen-bond donors (Lipinski definition) is 2. The van der Waals surface area contributed by atoms with Crippen LogP contribution in [0.2, 0.25) is 0 Å². The first-order valence-corrected chi connectivity index (χ1v) is 5.18. The quantitative estimate of drug-likeness (QED) is 0.678. The molecular formula is C12H15NO4.